The quantitative estimate of drug-likeness (QED) is 0.328. The van der Waals surface area contributed by atoms with Crippen LogP contribution in [0, 0.1) is 0 Å². The molecule has 1 saturated carbocycles. The Balaban J connectivity index is 1.65. The lowest BCUT2D eigenvalue weighted by atomic mass is 10.1. The fraction of sp³-hybridized carbons (Fsp3) is 0.182. The number of rotatable bonds is 5. The van der Waals surface area contributed by atoms with Crippen molar-refractivity contribution in [3.63, 3.8) is 0 Å². The molecule has 1 aliphatic rings. The molecule has 5 heteroatoms. The van der Waals surface area contributed by atoms with Gasteiger partial charge >= 0.3 is 0 Å². The first-order chi connectivity index (χ1) is 13.3. The Morgan fingerprint density at radius 1 is 1.04 bits per heavy atom. The topological polar surface area (TPSA) is 34.9 Å². The molecule has 1 fully saturated rings. The zero-order valence-corrected chi connectivity index (χ0v) is 16.3. The van der Waals surface area contributed by atoms with E-state index < -0.39 is 0 Å². The normalized spacial score (nSPS) is 13.9. The summed E-state index contributed by atoms with van der Waals surface area (Å²) in [5.41, 5.74) is 3.35. The third kappa shape index (κ3) is 3.22. The van der Waals surface area contributed by atoms with Crippen LogP contribution in [0.1, 0.15) is 29.9 Å². The largest absolute Gasteiger partial charge is 0.268 e. The summed E-state index contributed by atoms with van der Waals surface area (Å²) >= 11 is 3.21. The number of aromatic nitrogens is 2. The lowest BCUT2D eigenvalue weighted by molar-refractivity contribution is 0.821. The van der Waals surface area contributed by atoms with Crippen LogP contribution in [-0.4, -0.2) is 9.55 Å². The van der Waals surface area contributed by atoms with Gasteiger partial charge in [-0.25, -0.2) is 4.98 Å². The first-order valence-electron chi connectivity index (χ1n) is 9.07. The zero-order chi connectivity index (χ0) is 18.2. The molecule has 0 amide bonds. The highest BCUT2D eigenvalue weighted by Crippen LogP contribution is 2.44. The molecular formula is C22H18N2OS2. The molecule has 4 aromatic rings. The van der Waals surface area contributed by atoms with E-state index in [0.29, 0.717) is 5.92 Å². The fourth-order valence-corrected chi connectivity index (χ4v) is 5.34. The Labute approximate surface area is 165 Å². The van der Waals surface area contributed by atoms with Gasteiger partial charge in [0.25, 0.3) is 5.56 Å². The van der Waals surface area contributed by atoms with Crippen LogP contribution >= 0.6 is 23.1 Å². The van der Waals surface area contributed by atoms with Crippen LogP contribution in [0.25, 0.3) is 15.9 Å². The van der Waals surface area contributed by atoms with Crippen LogP contribution in [0.15, 0.2) is 76.0 Å². The van der Waals surface area contributed by atoms with Crippen molar-refractivity contribution in [1.82, 2.24) is 9.55 Å². The Morgan fingerprint density at radius 2 is 1.74 bits per heavy atom. The summed E-state index contributed by atoms with van der Waals surface area (Å²) in [5.74, 6) is 1.33. The molecule has 27 heavy (non-hydrogen) atoms. The van der Waals surface area contributed by atoms with Crippen molar-refractivity contribution in [3.8, 4) is 5.69 Å². The van der Waals surface area contributed by atoms with E-state index in [9.17, 15) is 4.79 Å². The molecule has 0 spiro atoms. The summed E-state index contributed by atoms with van der Waals surface area (Å²) in [6.45, 7) is 0. The predicted octanol–water partition coefficient (Wildman–Crippen LogP) is 5.62. The van der Waals surface area contributed by atoms with Crippen LogP contribution in [0.5, 0.6) is 0 Å². The molecule has 0 aliphatic heterocycles. The summed E-state index contributed by atoms with van der Waals surface area (Å²) in [6, 6.07) is 20.2. The van der Waals surface area contributed by atoms with Gasteiger partial charge in [0.1, 0.15) is 4.83 Å². The fourth-order valence-electron chi connectivity index (χ4n) is 3.31. The van der Waals surface area contributed by atoms with E-state index in [2.05, 4.69) is 17.5 Å². The second-order valence-electron chi connectivity index (χ2n) is 6.79. The van der Waals surface area contributed by atoms with Crippen LogP contribution < -0.4 is 5.56 Å². The summed E-state index contributed by atoms with van der Waals surface area (Å²) in [7, 11) is 0. The number of para-hydroxylation sites is 1. The number of hydrogen-bond acceptors (Lipinski definition) is 4. The van der Waals surface area contributed by atoms with Gasteiger partial charge in [0.05, 0.1) is 11.1 Å². The van der Waals surface area contributed by atoms with Gasteiger partial charge in [-0.05, 0) is 47.4 Å². The van der Waals surface area contributed by atoms with Crippen LogP contribution in [-0.2, 0) is 5.75 Å². The molecule has 134 valence electrons. The first-order valence-corrected chi connectivity index (χ1v) is 10.9. The Hall–Kier alpha value is -2.37. The molecule has 2 aromatic carbocycles. The van der Waals surface area contributed by atoms with Crippen LogP contribution in [0.3, 0.4) is 0 Å². The average Bonchev–Trinajstić information content (AvgIpc) is 3.47. The third-order valence-corrected chi connectivity index (χ3v) is 6.75. The van der Waals surface area contributed by atoms with Crippen molar-refractivity contribution in [2.75, 3.05) is 0 Å². The van der Waals surface area contributed by atoms with Gasteiger partial charge < -0.3 is 0 Å². The van der Waals surface area contributed by atoms with Crippen LogP contribution in [0.4, 0.5) is 0 Å². The van der Waals surface area contributed by atoms with E-state index in [4.69, 9.17) is 4.98 Å². The smallest absolute Gasteiger partial charge is 0.267 e. The summed E-state index contributed by atoms with van der Waals surface area (Å²) < 4.78 is 1.79. The van der Waals surface area contributed by atoms with Crippen molar-refractivity contribution in [2.24, 2.45) is 0 Å². The van der Waals surface area contributed by atoms with Gasteiger partial charge in [-0.1, -0.05) is 60.3 Å². The Bertz CT molecular complexity index is 1150. The number of hydrogen-bond donors (Lipinski definition) is 0. The van der Waals surface area contributed by atoms with Gasteiger partial charge in [-0.2, -0.15) is 0 Å². The van der Waals surface area contributed by atoms with Gasteiger partial charge in [0.2, 0.25) is 0 Å². The van der Waals surface area contributed by atoms with E-state index >= 15 is 0 Å². The van der Waals surface area contributed by atoms with E-state index in [1.165, 1.54) is 24.0 Å². The molecule has 3 nitrogen and oxygen atoms in total. The maximum atomic E-state index is 13.5. The highest BCUT2D eigenvalue weighted by atomic mass is 32.2. The summed E-state index contributed by atoms with van der Waals surface area (Å²) in [5, 5.41) is 3.71. The average molecular weight is 391 g/mol. The SMILES string of the molecule is O=c1c2c(C3CC3)csc2nc(SCc2ccccc2)n1-c1ccccc1. The van der Waals surface area contributed by atoms with E-state index in [0.717, 1.165) is 26.8 Å². The van der Waals surface area contributed by atoms with Crippen molar-refractivity contribution in [1.29, 1.82) is 0 Å². The lowest BCUT2D eigenvalue weighted by Crippen LogP contribution is -2.21. The second-order valence-corrected chi connectivity index (χ2v) is 8.59. The molecule has 0 bridgehead atoms. The maximum absolute atomic E-state index is 13.5. The minimum atomic E-state index is 0.0601. The lowest BCUT2D eigenvalue weighted by Gasteiger charge is -2.12. The molecule has 5 rings (SSSR count). The van der Waals surface area contributed by atoms with Crippen LogP contribution in [0.2, 0.25) is 0 Å². The second kappa shape index (κ2) is 6.98. The maximum Gasteiger partial charge on any atom is 0.267 e. The number of thioether (sulfide) groups is 1. The number of nitrogens with zero attached hydrogens (tertiary/aromatic N) is 2. The molecule has 1 aliphatic carbocycles. The zero-order valence-electron chi connectivity index (χ0n) is 14.7. The molecule has 0 saturated heterocycles. The van der Waals surface area contributed by atoms with E-state index in [1.807, 2.05) is 48.5 Å². The highest BCUT2D eigenvalue weighted by molar-refractivity contribution is 7.98. The minimum Gasteiger partial charge on any atom is -0.268 e. The first kappa shape index (κ1) is 16.8. The number of benzene rings is 2. The molecular weight excluding hydrogens is 372 g/mol. The monoisotopic (exact) mass is 390 g/mol. The Morgan fingerprint density at radius 3 is 2.44 bits per heavy atom. The molecule has 2 aromatic heterocycles. The summed E-state index contributed by atoms with van der Waals surface area (Å²) in [4.78, 5) is 19.3. The van der Waals surface area contributed by atoms with E-state index in [1.54, 1.807) is 27.7 Å². The predicted molar refractivity (Wildman–Crippen MR) is 113 cm³/mol. The highest BCUT2D eigenvalue weighted by Gasteiger charge is 2.29. The number of thiophene rings is 1. The van der Waals surface area contributed by atoms with Crippen molar-refractivity contribution < 1.29 is 0 Å². The van der Waals surface area contributed by atoms with E-state index in [-0.39, 0.29) is 5.56 Å². The molecule has 2 heterocycles. The minimum absolute atomic E-state index is 0.0601. The van der Waals surface area contributed by atoms with Crippen molar-refractivity contribution in [3.05, 3.63) is 87.5 Å². The van der Waals surface area contributed by atoms with Gasteiger partial charge in [0.15, 0.2) is 5.16 Å². The number of fused-ring (bicyclic) bond motifs is 1. The van der Waals surface area contributed by atoms with Gasteiger partial charge in [-0.15, -0.1) is 11.3 Å². The standard InChI is InChI=1S/C22H18N2OS2/c25-21-19-18(16-11-12-16)14-26-20(19)23-22(24(21)17-9-5-2-6-10-17)27-13-15-7-3-1-4-8-15/h1-10,14,16H,11-13H2. The van der Waals surface area contributed by atoms with Crippen molar-refractivity contribution >= 4 is 33.3 Å². The third-order valence-electron chi connectivity index (χ3n) is 4.85. The van der Waals surface area contributed by atoms with Gasteiger partial charge in [-0.3, -0.25) is 9.36 Å². The van der Waals surface area contributed by atoms with Crippen molar-refractivity contribution in [2.45, 2.75) is 29.7 Å². The molecule has 0 radical (unpaired) electrons. The molecule has 0 unspecified atom stereocenters. The molecule has 0 atom stereocenters. The van der Waals surface area contributed by atoms with Gasteiger partial charge in [0, 0.05) is 5.75 Å². The Kier molecular flexibility index (Phi) is 4.34. The molecule has 0 N–H and O–H groups in total. The summed E-state index contributed by atoms with van der Waals surface area (Å²) in [6.07, 6.45) is 2.36.